The van der Waals surface area contributed by atoms with E-state index in [1.807, 2.05) is 27.7 Å². The van der Waals surface area contributed by atoms with E-state index in [2.05, 4.69) is 153 Å². The predicted molar refractivity (Wildman–Crippen MR) is 369 cm³/mol. The molecule has 89 heavy (non-hydrogen) atoms. The van der Waals surface area contributed by atoms with Crippen LogP contribution in [0.5, 0.6) is 0 Å². The normalized spacial score (nSPS) is 25.8. The number of β-amino-alcohol motifs (C(OH)–C–C–N with tert-alkyl or cyclic N) is 2. The van der Waals surface area contributed by atoms with Crippen LogP contribution < -0.4 is 10.6 Å². The maximum absolute atomic E-state index is 11.3. The first-order valence-corrected chi connectivity index (χ1v) is 33.3. The number of nitrogens with one attached hydrogen (secondary N) is 2. The van der Waals surface area contributed by atoms with Crippen molar-refractivity contribution < 1.29 is 44.1 Å². The standard InChI is InChI=1S/C10H19NO2.2C9H17NO2.2C9H17NO.C8H15N.C7H14N2O.C7H14N2.2CH4/c1-7(12)9-8(13)5-6-11(9)10(2,3)4;2*1-6(2)10-5-8(12)4-9(10)7(3)11;2*1-7(2)10-6-4-5-9(10)8(3)11;1-7(2)9-6-4-5-8(9)3;1-6(2)9-4-3-8-7(10)5-9;1-6(2)9-5-4-8-7(9)3;;/h8-9,13H,5-6H2,1-4H3;2*6,8-9,12H,4-5H2,1-3H3;2*7,9H,4-6H2,1-3H3;7H,3-6H2,1-2H3;6H,3-5H2,1-2H3,(H,8,10);6,8H,3-5H2,1-2H3;2*1H4/t8-,9-;2*8-,9+;2*9-;;;;;/m11010...../s1. The molecule has 8 rings (SSSR count). The summed E-state index contributed by atoms with van der Waals surface area (Å²) in [6.07, 6.45) is 7.81. The van der Waals surface area contributed by atoms with Crippen molar-refractivity contribution in [3.05, 3.63) is 24.7 Å². The van der Waals surface area contributed by atoms with Crippen LogP contribution in [0.1, 0.15) is 225 Å². The first-order valence-electron chi connectivity index (χ1n) is 33.3. The van der Waals surface area contributed by atoms with E-state index in [9.17, 15) is 44.1 Å². The van der Waals surface area contributed by atoms with Gasteiger partial charge in [-0.15, -0.1) is 0 Å². The first-order chi connectivity index (χ1) is 40.3. The molecule has 1 amide bonds. The van der Waals surface area contributed by atoms with Crippen molar-refractivity contribution in [2.75, 3.05) is 72.0 Å². The van der Waals surface area contributed by atoms with E-state index in [1.165, 1.54) is 37.9 Å². The maximum Gasteiger partial charge on any atom is 0.234 e. The second-order valence-corrected chi connectivity index (χ2v) is 28.1. The second kappa shape index (κ2) is 42.5. The number of aliphatic hydroxyl groups excluding tert-OH is 3. The number of piperazine rings is 1. The molecule has 0 aliphatic carbocycles. The number of aliphatic hydroxyl groups is 3. The van der Waals surface area contributed by atoms with Gasteiger partial charge in [-0.1, -0.05) is 28.0 Å². The minimum atomic E-state index is -0.475. The zero-order valence-electron chi connectivity index (χ0n) is 59.1. The fourth-order valence-electron chi connectivity index (χ4n) is 12.9. The SMILES string of the molecule is C.C.C=C1CCCN1C(C)C.C=C1NCCN1C(C)C.CC(=O)[C@@H]1CCCN1C(C)C.CC(=O)[C@@H]1C[C@@H](O)CN1C(C)C.CC(=O)[C@@H]1[C@H](O)CCN1C(C)(C)C.CC(=O)[C@H]1CCCN1C(C)C.CC(=O)[C@H]1C[C@H](O)CN1C(C)C.CC(C)N1CCNC(=O)C1. The summed E-state index contributed by atoms with van der Waals surface area (Å²) in [6.45, 7) is 62.1. The minimum Gasteiger partial charge on any atom is -0.392 e. The van der Waals surface area contributed by atoms with Crippen LogP contribution in [0.15, 0.2) is 24.7 Å². The molecule has 8 aliphatic heterocycles. The molecule has 0 aromatic heterocycles. The summed E-state index contributed by atoms with van der Waals surface area (Å²) < 4.78 is 0. The number of amides is 1. The molecule has 19 nitrogen and oxygen atoms in total. The quantitative estimate of drug-likeness (QED) is 0.124. The van der Waals surface area contributed by atoms with E-state index in [1.54, 1.807) is 34.6 Å². The van der Waals surface area contributed by atoms with Crippen LogP contribution in [0.4, 0.5) is 0 Å². The number of rotatable bonds is 12. The second-order valence-electron chi connectivity index (χ2n) is 28.1. The van der Waals surface area contributed by atoms with Crippen LogP contribution in [0, 0.1) is 0 Å². The van der Waals surface area contributed by atoms with Gasteiger partial charge in [-0.25, -0.2) is 0 Å². The van der Waals surface area contributed by atoms with Gasteiger partial charge in [-0.3, -0.25) is 58.2 Å². The number of hydrogen-bond acceptors (Lipinski definition) is 18. The molecule has 0 spiro atoms. The van der Waals surface area contributed by atoms with Crippen LogP contribution in [0.3, 0.4) is 0 Å². The fourth-order valence-corrected chi connectivity index (χ4v) is 12.9. The highest BCUT2D eigenvalue weighted by Gasteiger charge is 2.42. The molecule has 0 bridgehead atoms. The van der Waals surface area contributed by atoms with Gasteiger partial charge in [-0.05, 0) is 223 Å². The monoisotopic (exact) mass is 1260 g/mol. The number of allylic oxidation sites excluding steroid dienone is 1. The van der Waals surface area contributed by atoms with Crippen molar-refractivity contribution in [2.45, 2.75) is 321 Å². The fraction of sp³-hybridized carbons (Fsp3) is 0.857. The number of hydrogen-bond donors (Lipinski definition) is 5. The maximum atomic E-state index is 11.3. The van der Waals surface area contributed by atoms with E-state index in [4.69, 9.17) is 0 Å². The third-order valence-electron chi connectivity index (χ3n) is 17.7. The average Bonchev–Trinajstić information content (AvgIpc) is 4.43. The van der Waals surface area contributed by atoms with Gasteiger partial charge in [0.2, 0.25) is 5.91 Å². The van der Waals surface area contributed by atoms with Crippen LogP contribution >= 0.6 is 0 Å². The van der Waals surface area contributed by atoms with Crippen molar-refractivity contribution in [3.63, 3.8) is 0 Å². The topological polar surface area (TPSA) is 213 Å². The molecule has 522 valence electrons. The Hall–Kier alpha value is -3.66. The summed E-state index contributed by atoms with van der Waals surface area (Å²) in [6, 6.07) is 3.49. The molecule has 8 saturated heterocycles. The Morgan fingerprint density at radius 3 is 1.11 bits per heavy atom. The summed E-state index contributed by atoms with van der Waals surface area (Å²) in [7, 11) is 0. The Morgan fingerprint density at radius 1 is 0.483 bits per heavy atom. The Labute approximate surface area is 544 Å². The van der Waals surface area contributed by atoms with Gasteiger partial charge in [0.15, 0.2) is 0 Å². The van der Waals surface area contributed by atoms with Crippen LogP contribution in [-0.4, -0.2) is 258 Å². The molecule has 0 radical (unpaired) electrons. The molecule has 19 heteroatoms. The molecule has 0 unspecified atom stereocenters. The van der Waals surface area contributed by atoms with Crippen molar-refractivity contribution in [3.8, 4) is 0 Å². The van der Waals surface area contributed by atoms with Crippen LogP contribution in [-0.2, 0) is 28.8 Å². The van der Waals surface area contributed by atoms with E-state index >= 15 is 0 Å². The molecular weight excluding hydrogens is 1120 g/mol. The Bertz CT molecular complexity index is 2010. The highest BCUT2D eigenvalue weighted by atomic mass is 16.3. The third kappa shape index (κ3) is 30.3. The molecule has 0 saturated carbocycles. The van der Waals surface area contributed by atoms with Gasteiger partial charge in [0.1, 0.15) is 28.9 Å². The number of Topliss-reactive ketones (excluding diaryl/α,β-unsaturated/α-hetero) is 5. The molecule has 8 aliphatic rings. The Kier molecular flexibility index (Phi) is 41.8. The number of ketones is 5. The zero-order valence-corrected chi connectivity index (χ0v) is 59.1. The first kappa shape index (κ1) is 87.4. The van der Waals surface area contributed by atoms with Gasteiger partial charge in [0.05, 0.1) is 60.9 Å². The third-order valence-corrected chi connectivity index (χ3v) is 17.7. The molecule has 8 fully saturated rings. The summed E-state index contributed by atoms with van der Waals surface area (Å²) >= 11 is 0. The van der Waals surface area contributed by atoms with Crippen LogP contribution in [0.2, 0.25) is 0 Å². The lowest BCUT2D eigenvalue weighted by atomic mass is 10.0. The van der Waals surface area contributed by atoms with Crippen LogP contribution in [0.25, 0.3) is 0 Å². The molecule has 8 atom stereocenters. The van der Waals surface area contributed by atoms with Gasteiger partial charge < -0.3 is 35.8 Å². The highest BCUT2D eigenvalue weighted by Crippen LogP contribution is 2.28. The van der Waals surface area contributed by atoms with Gasteiger partial charge in [-0.2, -0.15) is 0 Å². The minimum absolute atomic E-state index is 0. The Morgan fingerprint density at radius 2 is 0.888 bits per heavy atom. The van der Waals surface area contributed by atoms with Gasteiger partial charge in [0, 0.05) is 106 Å². The number of carbonyl (C=O) groups is 6. The van der Waals surface area contributed by atoms with Crippen molar-refractivity contribution >= 4 is 34.8 Å². The summed E-state index contributed by atoms with van der Waals surface area (Å²) in [5.74, 6) is 2.29. The average molecular weight is 1260 g/mol. The highest BCUT2D eigenvalue weighted by molar-refractivity contribution is 5.84. The molecular formula is C70H138N10O9. The summed E-state index contributed by atoms with van der Waals surface area (Å²) in [5, 5.41) is 34.3. The lowest BCUT2D eigenvalue weighted by molar-refractivity contribution is -0.126. The molecule has 0 aromatic carbocycles. The van der Waals surface area contributed by atoms with Crippen molar-refractivity contribution in [2.24, 2.45) is 0 Å². The van der Waals surface area contributed by atoms with E-state index in [0.717, 1.165) is 64.5 Å². The van der Waals surface area contributed by atoms with Crippen molar-refractivity contribution in [1.82, 2.24) is 49.8 Å². The van der Waals surface area contributed by atoms with Gasteiger partial charge >= 0.3 is 0 Å². The molecule has 8 heterocycles. The molecule has 0 aromatic rings. The zero-order chi connectivity index (χ0) is 67.0. The molecule has 5 N–H and O–H groups in total. The lowest BCUT2D eigenvalue weighted by Crippen LogP contribution is -2.50. The number of nitrogens with zero attached hydrogens (tertiary/aromatic N) is 8. The Balaban J connectivity index is 0. The summed E-state index contributed by atoms with van der Waals surface area (Å²) in [4.78, 5) is 84.3. The van der Waals surface area contributed by atoms with E-state index in [-0.39, 0.29) is 86.1 Å². The van der Waals surface area contributed by atoms with E-state index < -0.39 is 6.10 Å². The predicted octanol–water partition coefficient (Wildman–Crippen LogP) is 8.42. The number of likely N-dealkylation sites (tertiary alicyclic amines) is 6. The summed E-state index contributed by atoms with van der Waals surface area (Å²) in [5.41, 5.74) is 1.29. The largest absolute Gasteiger partial charge is 0.392 e. The number of carbonyl (C=O) groups excluding carboxylic acids is 6. The van der Waals surface area contributed by atoms with Gasteiger partial charge in [0.25, 0.3) is 0 Å². The van der Waals surface area contributed by atoms with Crippen molar-refractivity contribution in [1.29, 1.82) is 0 Å². The smallest absolute Gasteiger partial charge is 0.234 e. The van der Waals surface area contributed by atoms with E-state index in [0.29, 0.717) is 92.8 Å². The lowest BCUT2D eigenvalue weighted by Gasteiger charge is -2.36.